The van der Waals surface area contributed by atoms with Gasteiger partial charge in [0.25, 0.3) is 0 Å². The Morgan fingerprint density at radius 1 is 0.704 bits per heavy atom. The molecule has 2 nitrogen and oxygen atoms in total. The summed E-state index contributed by atoms with van der Waals surface area (Å²) in [6.07, 6.45) is 9.94. The molecule has 3 aromatic carbocycles. The molecule has 0 radical (unpaired) electrons. The van der Waals surface area contributed by atoms with E-state index >= 15 is 0 Å². The van der Waals surface area contributed by atoms with Crippen LogP contribution < -0.4 is 0 Å². The molecule has 1 atom stereocenters. The minimum atomic E-state index is 0.365. The first-order valence-corrected chi connectivity index (χ1v) is 9.56. The van der Waals surface area contributed by atoms with E-state index in [1.165, 1.54) is 43.6 Å². The van der Waals surface area contributed by atoms with Gasteiger partial charge in [-0.3, -0.25) is 0 Å². The highest BCUT2D eigenvalue weighted by atomic mass is 15.0. The maximum absolute atomic E-state index is 2.52. The van der Waals surface area contributed by atoms with E-state index in [1.807, 2.05) is 0 Å². The van der Waals surface area contributed by atoms with Gasteiger partial charge < -0.3 is 9.13 Å². The van der Waals surface area contributed by atoms with Crippen molar-refractivity contribution in [3.63, 3.8) is 0 Å². The zero-order valence-corrected chi connectivity index (χ0v) is 15.3. The molecule has 5 aromatic rings. The van der Waals surface area contributed by atoms with Gasteiger partial charge in [-0.15, -0.1) is 0 Å². The van der Waals surface area contributed by atoms with Crippen molar-refractivity contribution in [2.75, 3.05) is 0 Å². The average Bonchev–Trinajstić information content (AvgIpc) is 3.20. The first-order chi connectivity index (χ1) is 13.3. The van der Waals surface area contributed by atoms with Crippen molar-refractivity contribution < 1.29 is 0 Å². The molecule has 0 saturated heterocycles. The summed E-state index contributed by atoms with van der Waals surface area (Å²) < 4.78 is 4.84. The van der Waals surface area contributed by atoms with Gasteiger partial charge in [0.1, 0.15) is 0 Å². The monoisotopic (exact) mass is 348 g/mol. The molecular formula is C25H20N2. The fraction of sp³-hybridized carbons (Fsp3) is 0.120. The topological polar surface area (TPSA) is 9.86 Å². The maximum Gasteiger partial charge on any atom is 0.0560 e. The van der Waals surface area contributed by atoms with E-state index in [1.54, 1.807) is 0 Å². The Balaban J connectivity index is 1.81. The van der Waals surface area contributed by atoms with Gasteiger partial charge >= 0.3 is 0 Å². The molecule has 6 rings (SSSR count). The third-order valence-corrected chi connectivity index (χ3v) is 6.03. The van der Waals surface area contributed by atoms with Crippen LogP contribution in [-0.4, -0.2) is 9.13 Å². The van der Waals surface area contributed by atoms with Gasteiger partial charge in [-0.2, -0.15) is 0 Å². The van der Waals surface area contributed by atoms with Gasteiger partial charge in [0.05, 0.1) is 17.1 Å². The Hall–Kier alpha value is -3.26. The summed E-state index contributed by atoms with van der Waals surface area (Å²) in [5.74, 6) is 0. The molecular weight excluding hydrogens is 328 g/mol. The molecule has 2 heteroatoms. The molecule has 1 aliphatic carbocycles. The Morgan fingerprint density at radius 3 is 2.19 bits per heavy atom. The lowest BCUT2D eigenvalue weighted by atomic mass is 10.1. The third kappa shape index (κ3) is 1.95. The number of nitrogens with zero attached hydrogens (tertiary/aromatic N) is 2. The highest BCUT2D eigenvalue weighted by Gasteiger charge is 2.19. The van der Waals surface area contributed by atoms with Gasteiger partial charge in [-0.25, -0.2) is 0 Å². The second-order valence-electron chi connectivity index (χ2n) is 7.47. The SMILES string of the molecule is Cn1c2ccccc2c2cc3c4ccccc4n(C4C=CC=CC4)c3cc21. The number of hydrogen-bond donors (Lipinski definition) is 0. The molecule has 0 aliphatic heterocycles. The van der Waals surface area contributed by atoms with Gasteiger partial charge in [-0.1, -0.05) is 60.7 Å². The van der Waals surface area contributed by atoms with Crippen LogP contribution in [0.5, 0.6) is 0 Å². The highest BCUT2D eigenvalue weighted by molar-refractivity contribution is 6.18. The number of para-hydroxylation sites is 2. The van der Waals surface area contributed by atoms with Gasteiger partial charge in [0, 0.05) is 39.6 Å². The number of fused-ring (bicyclic) bond motifs is 6. The van der Waals surface area contributed by atoms with Crippen LogP contribution in [0.3, 0.4) is 0 Å². The first-order valence-electron chi connectivity index (χ1n) is 9.56. The van der Waals surface area contributed by atoms with Crippen LogP contribution in [0.1, 0.15) is 12.5 Å². The lowest BCUT2D eigenvalue weighted by Crippen LogP contribution is -2.06. The van der Waals surface area contributed by atoms with Crippen LogP contribution >= 0.6 is 0 Å². The second-order valence-corrected chi connectivity index (χ2v) is 7.47. The summed E-state index contributed by atoms with van der Waals surface area (Å²) >= 11 is 0. The van der Waals surface area contributed by atoms with Crippen LogP contribution in [0.15, 0.2) is 85.0 Å². The molecule has 0 fully saturated rings. The maximum atomic E-state index is 2.52. The summed E-state index contributed by atoms with van der Waals surface area (Å²) in [7, 11) is 2.17. The number of hydrogen-bond acceptors (Lipinski definition) is 0. The molecule has 0 saturated carbocycles. The Kier molecular flexibility index (Phi) is 2.96. The number of rotatable bonds is 1. The normalized spacial score (nSPS) is 17.0. The predicted octanol–water partition coefficient (Wildman–Crippen LogP) is 6.50. The van der Waals surface area contributed by atoms with Crippen molar-refractivity contribution >= 4 is 43.6 Å². The van der Waals surface area contributed by atoms with Gasteiger partial charge in [0.2, 0.25) is 0 Å². The zero-order chi connectivity index (χ0) is 18.0. The van der Waals surface area contributed by atoms with E-state index in [2.05, 4.69) is 101 Å². The average molecular weight is 348 g/mol. The molecule has 0 amide bonds. The van der Waals surface area contributed by atoms with Gasteiger partial charge in [-0.05, 0) is 30.7 Å². The lowest BCUT2D eigenvalue weighted by molar-refractivity contribution is 0.648. The molecule has 1 aliphatic rings. The molecule has 0 bridgehead atoms. The predicted molar refractivity (Wildman–Crippen MR) is 115 cm³/mol. The molecule has 130 valence electrons. The molecule has 0 spiro atoms. The summed E-state index contributed by atoms with van der Waals surface area (Å²) in [6, 6.07) is 22.7. The van der Waals surface area contributed by atoms with E-state index in [4.69, 9.17) is 0 Å². The zero-order valence-electron chi connectivity index (χ0n) is 15.3. The first kappa shape index (κ1) is 14.9. The minimum absolute atomic E-state index is 0.365. The molecule has 2 aromatic heterocycles. The van der Waals surface area contributed by atoms with Crippen LogP contribution in [0, 0.1) is 0 Å². The van der Waals surface area contributed by atoms with Crippen molar-refractivity contribution in [3.05, 3.63) is 85.0 Å². The van der Waals surface area contributed by atoms with E-state index in [0.717, 1.165) is 6.42 Å². The minimum Gasteiger partial charge on any atom is -0.344 e. The van der Waals surface area contributed by atoms with Crippen molar-refractivity contribution in [2.24, 2.45) is 7.05 Å². The number of aryl methyl sites for hydroxylation is 1. The summed E-state index contributed by atoms with van der Waals surface area (Å²) in [4.78, 5) is 0. The van der Waals surface area contributed by atoms with Gasteiger partial charge in [0.15, 0.2) is 0 Å². The second kappa shape index (κ2) is 5.37. The van der Waals surface area contributed by atoms with Crippen molar-refractivity contribution in [1.29, 1.82) is 0 Å². The summed E-state index contributed by atoms with van der Waals surface area (Å²) in [5, 5.41) is 5.35. The van der Waals surface area contributed by atoms with Crippen LogP contribution in [0.2, 0.25) is 0 Å². The summed E-state index contributed by atoms with van der Waals surface area (Å²) in [5.41, 5.74) is 5.22. The van der Waals surface area contributed by atoms with E-state index < -0.39 is 0 Å². The fourth-order valence-electron chi connectivity index (χ4n) is 4.77. The van der Waals surface area contributed by atoms with Crippen molar-refractivity contribution in [3.8, 4) is 0 Å². The lowest BCUT2D eigenvalue weighted by Gasteiger charge is -2.18. The molecule has 27 heavy (non-hydrogen) atoms. The quantitative estimate of drug-likeness (QED) is 0.327. The highest BCUT2D eigenvalue weighted by Crippen LogP contribution is 2.38. The van der Waals surface area contributed by atoms with Crippen molar-refractivity contribution in [2.45, 2.75) is 12.5 Å². The fourth-order valence-corrected chi connectivity index (χ4v) is 4.77. The largest absolute Gasteiger partial charge is 0.344 e. The molecule has 1 unspecified atom stereocenters. The standard InChI is InChI=1S/C25H20N2/c1-26-22-13-7-5-11-18(22)20-15-21-19-12-6-8-14-23(19)27(25(21)16-24(20)26)17-9-3-2-4-10-17/h2-9,11-17H,10H2,1H3. The van der Waals surface area contributed by atoms with E-state index in [0.29, 0.717) is 6.04 Å². The Labute approximate surface area is 157 Å². The Bertz CT molecular complexity index is 1410. The van der Waals surface area contributed by atoms with Crippen LogP contribution in [-0.2, 0) is 7.05 Å². The van der Waals surface area contributed by atoms with Crippen molar-refractivity contribution in [1.82, 2.24) is 9.13 Å². The van der Waals surface area contributed by atoms with Crippen LogP contribution in [0.4, 0.5) is 0 Å². The summed E-state index contributed by atoms with van der Waals surface area (Å²) in [6.45, 7) is 0. The number of benzene rings is 3. The molecule has 2 heterocycles. The number of allylic oxidation sites excluding steroid dienone is 4. The molecule has 0 N–H and O–H groups in total. The number of aromatic nitrogens is 2. The van der Waals surface area contributed by atoms with Crippen LogP contribution in [0.25, 0.3) is 43.6 Å². The van der Waals surface area contributed by atoms with E-state index in [-0.39, 0.29) is 0 Å². The Morgan fingerprint density at radius 2 is 1.41 bits per heavy atom. The smallest absolute Gasteiger partial charge is 0.0560 e. The third-order valence-electron chi connectivity index (χ3n) is 6.03. The van der Waals surface area contributed by atoms with E-state index in [9.17, 15) is 0 Å².